The van der Waals surface area contributed by atoms with E-state index in [1.54, 1.807) is 48.2 Å². The van der Waals surface area contributed by atoms with Gasteiger partial charge in [-0.1, -0.05) is 35.9 Å². The molecule has 1 saturated heterocycles. The summed E-state index contributed by atoms with van der Waals surface area (Å²) in [6, 6.07) is 9.22. The fraction of sp³-hybridized carbons (Fsp3) is 0.370. The van der Waals surface area contributed by atoms with E-state index in [4.69, 9.17) is 20.8 Å². The zero-order valence-corrected chi connectivity index (χ0v) is 21.7. The second-order valence-electron chi connectivity index (χ2n) is 8.94. The molecule has 2 aliphatic heterocycles. The Morgan fingerprint density at radius 1 is 1.24 bits per heavy atom. The van der Waals surface area contributed by atoms with Gasteiger partial charge in [-0.05, 0) is 37.6 Å². The van der Waals surface area contributed by atoms with E-state index in [0.717, 1.165) is 0 Å². The van der Waals surface area contributed by atoms with Gasteiger partial charge in [-0.3, -0.25) is 14.6 Å². The molecular weight excluding hydrogens is 496 g/mol. The average Bonchev–Trinajstić information content (AvgIpc) is 3.41. The largest absolute Gasteiger partial charge is 0.463 e. The summed E-state index contributed by atoms with van der Waals surface area (Å²) in [5.41, 5.74) is 1.47. The number of piperazine rings is 1. The number of rotatable bonds is 8. The minimum Gasteiger partial charge on any atom is -0.463 e. The van der Waals surface area contributed by atoms with Gasteiger partial charge >= 0.3 is 12.0 Å². The lowest BCUT2D eigenvalue weighted by atomic mass is 9.93. The molecule has 3 heterocycles. The lowest BCUT2D eigenvalue weighted by Gasteiger charge is -2.42. The Morgan fingerprint density at radius 2 is 2.03 bits per heavy atom. The molecule has 1 N–H and O–H groups in total. The Labute approximate surface area is 221 Å². The van der Waals surface area contributed by atoms with Crippen molar-refractivity contribution in [3.05, 3.63) is 82.9 Å². The second kappa shape index (κ2) is 11.7. The first kappa shape index (κ1) is 26.5. The van der Waals surface area contributed by atoms with Gasteiger partial charge in [0.1, 0.15) is 0 Å². The lowest BCUT2D eigenvalue weighted by Crippen LogP contribution is -2.56. The lowest BCUT2D eigenvalue weighted by molar-refractivity contribution is -0.139. The van der Waals surface area contributed by atoms with E-state index >= 15 is 0 Å². The Hall–Kier alpha value is -3.56. The van der Waals surface area contributed by atoms with Gasteiger partial charge in [-0.15, -0.1) is 6.58 Å². The van der Waals surface area contributed by atoms with Crippen LogP contribution >= 0.6 is 11.6 Å². The van der Waals surface area contributed by atoms with Gasteiger partial charge in [0.25, 0.3) is 5.91 Å². The summed E-state index contributed by atoms with van der Waals surface area (Å²) in [4.78, 5) is 44.8. The molecule has 1 fully saturated rings. The number of amides is 3. The van der Waals surface area contributed by atoms with Crippen LogP contribution in [0.2, 0.25) is 5.02 Å². The van der Waals surface area contributed by atoms with Crippen molar-refractivity contribution in [2.75, 3.05) is 39.3 Å². The van der Waals surface area contributed by atoms with Crippen LogP contribution in [-0.2, 0) is 9.53 Å². The predicted molar refractivity (Wildman–Crippen MR) is 139 cm³/mol. The quantitative estimate of drug-likeness (QED) is 0.415. The van der Waals surface area contributed by atoms with Crippen LogP contribution in [0.4, 0.5) is 4.79 Å². The highest BCUT2D eigenvalue weighted by Gasteiger charge is 2.40. The number of furan rings is 1. The Balaban J connectivity index is 1.68. The minimum absolute atomic E-state index is 0.109. The molecule has 2 atom stereocenters. The summed E-state index contributed by atoms with van der Waals surface area (Å²) >= 11 is 6.49. The first-order valence-electron chi connectivity index (χ1n) is 12.3. The van der Waals surface area contributed by atoms with Gasteiger partial charge in [0.15, 0.2) is 5.76 Å². The van der Waals surface area contributed by atoms with Gasteiger partial charge in [0.2, 0.25) is 0 Å². The molecule has 0 aliphatic carbocycles. The summed E-state index contributed by atoms with van der Waals surface area (Å²) in [5, 5.41) is 3.36. The zero-order chi connectivity index (χ0) is 26.5. The third-order valence-electron chi connectivity index (χ3n) is 6.54. The first-order valence-corrected chi connectivity index (χ1v) is 12.6. The summed E-state index contributed by atoms with van der Waals surface area (Å²) in [6.45, 7) is 9.78. The number of urea groups is 1. The number of carbonyl (C=O) groups is 3. The number of halogens is 1. The molecule has 0 saturated carbocycles. The third kappa shape index (κ3) is 5.57. The molecule has 10 heteroatoms. The molecule has 2 aromatic rings. The summed E-state index contributed by atoms with van der Waals surface area (Å²) in [5.74, 6) is -0.375. The van der Waals surface area contributed by atoms with Crippen LogP contribution in [-0.4, -0.2) is 78.0 Å². The molecule has 37 heavy (non-hydrogen) atoms. The number of hydrogen-bond donors (Lipinski definition) is 1. The molecule has 2 unspecified atom stereocenters. The van der Waals surface area contributed by atoms with Crippen molar-refractivity contribution in [1.29, 1.82) is 0 Å². The monoisotopic (exact) mass is 526 g/mol. The van der Waals surface area contributed by atoms with Crippen LogP contribution in [0.25, 0.3) is 0 Å². The van der Waals surface area contributed by atoms with Gasteiger partial charge in [0, 0.05) is 49.5 Å². The highest BCUT2D eigenvalue weighted by Crippen LogP contribution is 2.35. The van der Waals surface area contributed by atoms with E-state index < -0.39 is 12.0 Å². The normalized spacial score (nSPS) is 20.6. The van der Waals surface area contributed by atoms with Crippen LogP contribution in [0.5, 0.6) is 0 Å². The standard InChI is InChI=1S/C27H31ClN4O5/c1-4-12-32-21(17-30-13-14-31(18(3)16-30)25(33)22-11-8-15-37-22)23(26(34)36-5-2)24(29-27(32)35)19-9-6-7-10-20(19)28/h4,6-11,15,18,24H,1,5,12-14,16-17H2,2-3H3,(H,29,35). The molecule has 0 bridgehead atoms. The molecule has 0 radical (unpaired) electrons. The van der Waals surface area contributed by atoms with E-state index in [1.807, 2.05) is 13.0 Å². The maximum Gasteiger partial charge on any atom is 0.338 e. The molecule has 4 rings (SSSR count). The number of hydrogen-bond acceptors (Lipinski definition) is 6. The predicted octanol–water partition coefficient (Wildman–Crippen LogP) is 3.85. The second-order valence-corrected chi connectivity index (χ2v) is 9.35. The van der Waals surface area contributed by atoms with E-state index in [-0.39, 0.29) is 31.1 Å². The van der Waals surface area contributed by atoms with Crippen LogP contribution in [0.3, 0.4) is 0 Å². The highest BCUT2D eigenvalue weighted by molar-refractivity contribution is 6.31. The number of ether oxygens (including phenoxy) is 1. The smallest absolute Gasteiger partial charge is 0.338 e. The molecule has 0 spiro atoms. The maximum atomic E-state index is 13.3. The molecule has 1 aromatic heterocycles. The van der Waals surface area contributed by atoms with E-state index in [1.165, 1.54) is 11.2 Å². The van der Waals surface area contributed by atoms with Crippen molar-refractivity contribution < 1.29 is 23.5 Å². The van der Waals surface area contributed by atoms with Gasteiger partial charge in [-0.25, -0.2) is 9.59 Å². The number of benzene rings is 1. The van der Waals surface area contributed by atoms with Crippen molar-refractivity contribution >= 4 is 29.5 Å². The maximum absolute atomic E-state index is 13.3. The third-order valence-corrected chi connectivity index (χ3v) is 6.88. The van der Waals surface area contributed by atoms with E-state index in [9.17, 15) is 14.4 Å². The van der Waals surface area contributed by atoms with Crippen molar-refractivity contribution in [1.82, 2.24) is 20.0 Å². The number of nitrogens with one attached hydrogen (secondary N) is 1. The fourth-order valence-corrected chi connectivity index (χ4v) is 5.06. The van der Waals surface area contributed by atoms with Crippen LogP contribution in [0, 0.1) is 0 Å². The molecular formula is C27H31ClN4O5. The van der Waals surface area contributed by atoms with Crippen molar-refractivity contribution in [3.63, 3.8) is 0 Å². The number of carbonyl (C=O) groups excluding carboxylic acids is 3. The fourth-order valence-electron chi connectivity index (χ4n) is 4.82. The number of esters is 1. The van der Waals surface area contributed by atoms with Crippen molar-refractivity contribution in [2.45, 2.75) is 25.9 Å². The topological polar surface area (TPSA) is 95.3 Å². The average molecular weight is 527 g/mol. The van der Waals surface area contributed by atoms with Gasteiger partial charge in [0.05, 0.1) is 24.5 Å². The van der Waals surface area contributed by atoms with Crippen molar-refractivity contribution in [2.24, 2.45) is 0 Å². The van der Waals surface area contributed by atoms with E-state index in [0.29, 0.717) is 53.8 Å². The Bertz CT molecular complexity index is 1200. The minimum atomic E-state index is -0.768. The SMILES string of the molecule is C=CCN1C(=O)NC(c2ccccc2Cl)C(C(=O)OCC)=C1CN1CCN(C(=O)c2ccco2)C(C)C1. The molecule has 3 amide bonds. The molecule has 9 nitrogen and oxygen atoms in total. The summed E-state index contributed by atoms with van der Waals surface area (Å²) in [6.07, 6.45) is 3.09. The highest BCUT2D eigenvalue weighted by atomic mass is 35.5. The van der Waals surface area contributed by atoms with E-state index in [2.05, 4.69) is 16.8 Å². The molecule has 196 valence electrons. The van der Waals surface area contributed by atoms with Gasteiger partial charge < -0.3 is 19.4 Å². The summed E-state index contributed by atoms with van der Waals surface area (Å²) < 4.78 is 10.7. The molecule has 1 aromatic carbocycles. The van der Waals surface area contributed by atoms with Crippen LogP contribution in [0.1, 0.15) is 36.0 Å². The summed E-state index contributed by atoms with van der Waals surface area (Å²) in [7, 11) is 0. The van der Waals surface area contributed by atoms with Crippen LogP contribution < -0.4 is 5.32 Å². The zero-order valence-electron chi connectivity index (χ0n) is 21.0. The van der Waals surface area contributed by atoms with Gasteiger partial charge in [-0.2, -0.15) is 0 Å². The van der Waals surface area contributed by atoms with Crippen molar-refractivity contribution in [3.8, 4) is 0 Å². The Morgan fingerprint density at radius 3 is 2.68 bits per heavy atom. The Kier molecular flexibility index (Phi) is 8.35. The molecule has 2 aliphatic rings. The first-order chi connectivity index (χ1) is 17.8. The number of nitrogens with zero attached hydrogens (tertiary/aromatic N) is 3. The van der Waals surface area contributed by atoms with Crippen LogP contribution in [0.15, 0.2) is 71.0 Å².